The first-order valence-electron chi connectivity index (χ1n) is 8.25. The van der Waals surface area contributed by atoms with E-state index in [9.17, 15) is 9.59 Å². The molecule has 2 atom stereocenters. The number of hydrogen-bond acceptors (Lipinski definition) is 4. The Kier molecular flexibility index (Phi) is 20.8. The smallest absolute Gasteiger partial charge is 0.305 e. The molecular formula is C16H30Br2O6. The minimum Gasteiger partial charge on any atom is -0.481 e. The molecule has 0 aromatic carbocycles. The third-order valence-electron chi connectivity index (χ3n) is 3.16. The molecule has 0 bridgehead atoms. The first-order chi connectivity index (χ1) is 11.3. The maximum absolute atomic E-state index is 10.1. The second-order valence-electron chi connectivity index (χ2n) is 5.58. The third-order valence-corrected chi connectivity index (χ3v) is 4.28. The SMILES string of the molecule is O=C(O)CC(O)CCCCCBr.O=C(O)CC(O)CCCCCBr. The van der Waals surface area contributed by atoms with E-state index in [0.29, 0.717) is 12.8 Å². The maximum Gasteiger partial charge on any atom is 0.305 e. The minimum absolute atomic E-state index is 0.131. The van der Waals surface area contributed by atoms with Crippen molar-refractivity contribution in [1.82, 2.24) is 0 Å². The van der Waals surface area contributed by atoms with Crippen LogP contribution in [0.1, 0.15) is 64.2 Å². The Morgan fingerprint density at radius 2 is 1.00 bits per heavy atom. The van der Waals surface area contributed by atoms with Gasteiger partial charge in [0, 0.05) is 10.7 Å². The number of carboxylic acid groups (broad SMARTS) is 2. The third kappa shape index (κ3) is 24.1. The summed E-state index contributed by atoms with van der Waals surface area (Å²) in [6.45, 7) is 0. The average molecular weight is 478 g/mol. The van der Waals surface area contributed by atoms with Crippen molar-refractivity contribution in [3.63, 3.8) is 0 Å². The van der Waals surface area contributed by atoms with Crippen molar-refractivity contribution in [3.8, 4) is 0 Å². The number of unbranched alkanes of at least 4 members (excludes halogenated alkanes) is 4. The molecular weight excluding hydrogens is 448 g/mol. The molecule has 0 heterocycles. The largest absolute Gasteiger partial charge is 0.481 e. The standard InChI is InChI=1S/2C8H15BrO3/c2*9-5-3-1-2-4-7(10)6-8(11)12/h2*7,10H,1-6H2,(H,11,12). The highest BCUT2D eigenvalue weighted by molar-refractivity contribution is 9.09. The van der Waals surface area contributed by atoms with E-state index in [0.717, 1.165) is 49.2 Å². The van der Waals surface area contributed by atoms with Crippen LogP contribution < -0.4 is 0 Å². The van der Waals surface area contributed by atoms with Gasteiger partial charge in [0.1, 0.15) is 0 Å². The molecule has 0 fully saturated rings. The van der Waals surface area contributed by atoms with Gasteiger partial charge in [-0.05, 0) is 25.7 Å². The Morgan fingerprint density at radius 3 is 1.25 bits per heavy atom. The molecule has 0 aliphatic carbocycles. The Labute approximate surface area is 160 Å². The van der Waals surface area contributed by atoms with Crippen LogP contribution in [0.15, 0.2) is 0 Å². The predicted molar refractivity (Wildman–Crippen MR) is 101 cm³/mol. The molecule has 4 N–H and O–H groups in total. The van der Waals surface area contributed by atoms with Gasteiger partial charge in [0.05, 0.1) is 25.0 Å². The van der Waals surface area contributed by atoms with Crippen molar-refractivity contribution in [2.24, 2.45) is 0 Å². The van der Waals surface area contributed by atoms with Gasteiger partial charge in [0.2, 0.25) is 0 Å². The highest BCUT2D eigenvalue weighted by atomic mass is 79.9. The molecule has 0 spiro atoms. The molecule has 144 valence electrons. The number of aliphatic hydroxyl groups excluding tert-OH is 2. The molecule has 24 heavy (non-hydrogen) atoms. The quantitative estimate of drug-likeness (QED) is 0.224. The van der Waals surface area contributed by atoms with E-state index >= 15 is 0 Å². The fourth-order valence-corrected chi connectivity index (χ4v) is 2.70. The van der Waals surface area contributed by atoms with Crippen LogP contribution in [0, 0.1) is 0 Å². The number of alkyl halides is 2. The number of carbonyl (C=O) groups is 2. The van der Waals surface area contributed by atoms with E-state index in [1.54, 1.807) is 0 Å². The lowest BCUT2D eigenvalue weighted by Gasteiger charge is -2.06. The lowest BCUT2D eigenvalue weighted by atomic mass is 10.1. The molecule has 2 unspecified atom stereocenters. The summed E-state index contributed by atoms with van der Waals surface area (Å²) in [6.07, 6.45) is 5.65. The average Bonchev–Trinajstić information content (AvgIpc) is 2.47. The second kappa shape index (κ2) is 19.1. The van der Waals surface area contributed by atoms with E-state index in [1.807, 2.05) is 0 Å². The van der Waals surface area contributed by atoms with Crippen molar-refractivity contribution in [2.45, 2.75) is 76.4 Å². The Bertz CT molecular complexity index is 285. The number of aliphatic carboxylic acids is 2. The van der Waals surface area contributed by atoms with Crippen molar-refractivity contribution in [3.05, 3.63) is 0 Å². The van der Waals surface area contributed by atoms with Crippen LogP contribution in [0.3, 0.4) is 0 Å². The van der Waals surface area contributed by atoms with Crippen molar-refractivity contribution >= 4 is 43.8 Å². The molecule has 0 aromatic rings. The monoisotopic (exact) mass is 476 g/mol. The van der Waals surface area contributed by atoms with E-state index in [-0.39, 0.29) is 12.8 Å². The lowest BCUT2D eigenvalue weighted by Crippen LogP contribution is -2.12. The maximum atomic E-state index is 10.1. The molecule has 6 nitrogen and oxygen atoms in total. The number of halogens is 2. The zero-order chi connectivity index (χ0) is 18.8. The Morgan fingerprint density at radius 1 is 0.667 bits per heavy atom. The van der Waals surface area contributed by atoms with E-state index in [2.05, 4.69) is 31.9 Å². The van der Waals surface area contributed by atoms with Crippen LogP contribution >= 0.6 is 31.9 Å². The first kappa shape index (κ1) is 26.1. The number of rotatable bonds is 14. The Balaban J connectivity index is 0. The zero-order valence-corrected chi connectivity index (χ0v) is 17.2. The highest BCUT2D eigenvalue weighted by Gasteiger charge is 2.08. The fourth-order valence-electron chi connectivity index (χ4n) is 1.91. The molecule has 0 aliphatic rings. The van der Waals surface area contributed by atoms with Crippen LogP contribution in [0.4, 0.5) is 0 Å². The summed E-state index contributed by atoms with van der Waals surface area (Å²) < 4.78 is 0. The molecule has 0 amide bonds. The van der Waals surface area contributed by atoms with Gasteiger partial charge in [0.15, 0.2) is 0 Å². The van der Waals surface area contributed by atoms with E-state index in [4.69, 9.17) is 20.4 Å². The van der Waals surface area contributed by atoms with Crippen LogP contribution in [0.25, 0.3) is 0 Å². The van der Waals surface area contributed by atoms with Crippen LogP contribution in [0.5, 0.6) is 0 Å². The summed E-state index contributed by atoms with van der Waals surface area (Å²) in [4.78, 5) is 20.3. The van der Waals surface area contributed by atoms with Gasteiger partial charge < -0.3 is 20.4 Å². The topological polar surface area (TPSA) is 115 Å². The molecule has 0 saturated heterocycles. The molecule has 0 aliphatic heterocycles. The van der Waals surface area contributed by atoms with Gasteiger partial charge in [-0.25, -0.2) is 0 Å². The Hall–Kier alpha value is -0.180. The normalized spacial score (nSPS) is 12.8. The van der Waals surface area contributed by atoms with Crippen molar-refractivity contribution in [2.75, 3.05) is 10.7 Å². The lowest BCUT2D eigenvalue weighted by molar-refractivity contribution is -0.140. The molecule has 0 rings (SSSR count). The first-order valence-corrected chi connectivity index (χ1v) is 10.5. The summed E-state index contributed by atoms with van der Waals surface area (Å²) in [6, 6.07) is 0. The van der Waals surface area contributed by atoms with Gasteiger partial charge >= 0.3 is 11.9 Å². The van der Waals surface area contributed by atoms with Crippen LogP contribution in [0.2, 0.25) is 0 Å². The van der Waals surface area contributed by atoms with E-state index < -0.39 is 24.1 Å². The molecule has 0 aromatic heterocycles. The summed E-state index contributed by atoms with van der Waals surface area (Å²) in [5, 5.41) is 36.8. The number of hydrogen-bond donors (Lipinski definition) is 4. The zero-order valence-electron chi connectivity index (χ0n) is 14.0. The summed E-state index contributed by atoms with van der Waals surface area (Å²) in [7, 11) is 0. The summed E-state index contributed by atoms with van der Waals surface area (Å²) >= 11 is 6.60. The van der Waals surface area contributed by atoms with E-state index in [1.165, 1.54) is 0 Å². The number of carboxylic acids is 2. The van der Waals surface area contributed by atoms with Gasteiger partial charge in [-0.2, -0.15) is 0 Å². The summed E-state index contributed by atoms with van der Waals surface area (Å²) in [5.74, 6) is -1.86. The second-order valence-corrected chi connectivity index (χ2v) is 7.17. The summed E-state index contributed by atoms with van der Waals surface area (Å²) in [5.41, 5.74) is 0. The minimum atomic E-state index is -0.928. The van der Waals surface area contributed by atoms with Crippen molar-refractivity contribution < 1.29 is 30.0 Å². The fraction of sp³-hybridized carbons (Fsp3) is 0.875. The molecule has 8 heteroatoms. The van der Waals surface area contributed by atoms with Crippen LogP contribution in [-0.4, -0.2) is 55.2 Å². The number of aliphatic hydroxyl groups is 2. The van der Waals surface area contributed by atoms with Gasteiger partial charge in [0.25, 0.3) is 0 Å². The van der Waals surface area contributed by atoms with Gasteiger partial charge in [-0.15, -0.1) is 0 Å². The van der Waals surface area contributed by atoms with Gasteiger partial charge in [-0.3, -0.25) is 9.59 Å². The van der Waals surface area contributed by atoms with Crippen LogP contribution in [-0.2, 0) is 9.59 Å². The van der Waals surface area contributed by atoms with Crippen molar-refractivity contribution in [1.29, 1.82) is 0 Å². The molecule has 0 saturated carbocycles. The van der Waals surface area contributed by atoms with Gasteiger partial charge in [-0.1, -0.05) is 57.5 Å². The predicted octanol–water partition coefficient (Wildman–Crippen LogP) is 3.55. The molecule has 0 radical (unpaired) electrons. The highest BCUT2D eigenvalue weighted by Crippen LogP contribution is 2.08.